The second-order valence-electron chi connectivity index (χ2n) is 6.01. The van der Waals surface area contributed by atoms with Crippen molar-refractivity contribution in [3.05, 3.63) is 35.7 Å². The molecule has 0 saturated heterocycles. The Bertz CT molecular complexity index is 649. The molecule has 3 nitrogen and oxygen atoms in total. The standard InChI is InChI=1S/C17H21N3/c1-6-11-20-12(2)19-15(16(20)18)13-7-9-14(10-8-13)17(3,4)5/h1,7-10H,11,18H2,2-5H3. The monoisotopic (exact) mass is 267 g/mol. The lowest BCUT2D eigenvalue weighted by Gasteiger charge is -2.19. The number of benzene rings is 1. The van der Waals surface area contributed by atoms with E-state index in [0.717, 1.165) is 17.1 Å². The van der Waals surface area contributed by atoms with Crippen LogP contribution in [-0.4, -0.2) is 9.55 Å². The molecule has 0 aliphatic heterocycles. The Morgan fingerprint density at radius 3 is 2.35 bits per heavy atom. The highest BCUT2D eigenvalue weighted by Gasteiger charge is 2.16. The number of hydrogen-bond donors (Lipinski definition) is 1. The van der Waals surface area contributed by atoms with Gasteiger partial charge in [-0.15, -0.1) is 6.42 Å². The molecule has 2 aromatic rings. The number of nitrogens with two attached hydrogens (primary N) is 1. The summed E-state index contributed by atoms with van der Waals surface area (Å²) in [5.41, 5.74) is 9.41. The first-order chi connectivity index (χ1) is 9.34. The highest BCUT2D eigenvalue weighted by molar-refractivity contribution is 5.71. The van der Waals surface area contributed by atoms with Crippen molar-refractivity contribution in [1.82, 2.24) is 9.55 Å². The van der Waals surface area contributed by atoms with Gasteiger partial charge in [0.15, 0.2) is 0 Å². The average Bonchev–Trinajstić information content (AvgIpc) is 2.66. The molecule has 2 rings (SSSR count). The minimum atomic E-state index is 0.142. The van der Waals surface area contributed by atoms with Gasteiger partial charge in [0.2, 0.25) is 0 Å². The lowest BCUT2D eigenvalue weighted by atomic mass is 9.86. The van der Waals surface area contributed by atoms with Gasteiger partial charge in [0, 0.05) is 5.56 Å². The van der Waals surface area contributed by atoms with Crippen molar-refractivity contribution >= 4 is 5.82 Å². The number of anilines is 1. The molecule has 0 amide bonds. The van der Waals surface area contributed by atoms with E-state index in [4.69, 9.17) is 12.2 Å². The topological polar surface area (TPSA) is 43.8 Å². The summed E-state index contributed by atoms with van der Waals surface area (Å²) >= 11 is 0. The zero-order valence-electron chi connectivity index (χ0n) is 12.6. The predicted octanol–water partition coefficient (Wildman–Crippen LogP) is 3.37. The number of nitrogen functional groups attached to an aromatic ring is 1. The van der Waals surface area contributed by atoms with Crippen molar-refractivity contribution in [2.24, 2.45) is 0 Å². The van der Waals surface area contributed by atoms with Gasteiger partial charge in [-0.3, -0.25) is 0 Å². The molecule has 0 bridgehead atoms. The fourth-order valence-corrected chi connectivity index (χ4v) is 2.21. The molecular weight excluding hydrogens is 246 g/mol. The van der Waals surface area contributed by atoms with Crippen molar-refractivity contribution < 1.29 is 0 Å². The van der Waals surface area contributed by atoms with E-state index in [2.05, 4.69) is 55.9 Å². The van der Waals surface area contributed by atoms with Gasteiger partial charge in [-0.1, -0.05) is 51.0 Å². The number of nitrogens with zero attached hydrogens (tertiary/aromatic N) is 2. The van der Waals surface area contributed by atoms with Crippen molar-refractivity contribution in [1.29, 1.82) is 0 Å². The first kappa shape index (κ1) is 14.2. The first-order valence-corrected chi connectivity index (χ1v) is 6.71. The molecule has 0 spiro atoms. The minimum absolute atomic E-state index is 0.142. The Morgan fingerprint density at radius 1 is 1.25 bits per heavy atom. The molecule has 3 heteroatoms. The summed E-state index contributed by atoms with van der Waals surface area (Å²) in [7, 11) is 0. The quantitative estimate of drug-likeness (QED) is 0.848. The molecule has 0 radical (unpaired) electrons. The predicted molar refractivity (Wildman–Crippen MR) is 84.3 cm³/mol. The molecule has 1 aromatic carbocycles. The van der Waals surface area contributed by atoms with Crippen LogP contribution in [0.2, 0.25) is 0 Å². The minimum Gasteiger partial charge on any atom is -0.383 e. The Morgan fingerprint density at radius 2 is 1.85 bits per heavy atom. The molecule has 2 N–H and O–H groups in total. The molecule has 0 fully saturated rings. The maximum atomic E-state index is 6.15. The van der Waals surface area contributed by atoms with E-state index in [9.17, 15) is 0 Å². The van der Waals surface area contributed by atoms with Crippen LogP contribution in [0.5, 0.6) is 0 Å². The van der Waals surface area contributed by atoms with E-state index in [1.165, 1.54) is 5.56 Å². The van der Waals surface area contributed by atoms with Crippen LogP contribution < -0.4 is 5.73 Å². The summed E-state index contributed by atoms with van der Waals surface area (Å²) in [4.78, 5) is 4.53. The van der Waals surface area contributed by atoms with Crippen LogP contribution in [0.25, 0.3) is 11.3 Å². The van der Waals surface area contributed by atoms with Gasteiger partial charge in [0.05, 0.1) is 6.54 Å². The summed E-state index contributed by atoms with van der Waals surface area (Å²) in [6, 6.07) is 8.40. The van der Waals surface area contributed by atoms with Crippen LogP contribution in [0.15, 0.2) is 24.3 Å². The molecule has 0 aliphatic rings. The van der Waals surface area contributed by atoms with Crippen LogP contribution >= 0.6 is 0 Å². The van der Waals surface area contributed by atoms with Crippen molar-refractivity contribution in [3.63, 3.8) is 0 Å². The van der Waals surface area contributed by atoms with Crippen molar-refractivity contribution in [3.8, 4) is 23.6 Å². The molecule has 0 saturated carbocycles. The number of rotatable bonds is 2. The van der Waals surface area contributed by atoms with Crippen molar-refractivity contribution in [2.45, 2.75) is 39.7 Å². The SMILES string of the molecule is C#CCn1c(C)nc(-c2ccc(C(C)(C)C)cc2)c1N. The summed E-state index contributed by atoms with van der Waals surface area (Å²) in [6.45, 7) is 8.96. The van der Waals surface area contributed by atoms with Crippen LogP contribution in [0.3, 0.4) is 0 Å². The van der Waals surface area contributed by atoms with Crippen LogP contribution in [0.1, 0.15) is 32.2 Å². The number of hydrogen-bond acceptors (Lipinski definition) is 2. The molecule has 1 aromatic heterocycles. The Balaban J connectivity index is 2.43. The Labute approximate surface area is 120 Å². The molecule has 0 aliphatic carbocycles. The van der Waals surface area contributed by atoms with Crippen LogP contribution in [0.4, 0.5) is 5.82 Å². The zero-order chi connectivity index (χ0) is 14.9. The number of terminal acetylenes is 1. The first-order valence-electron chi connectivity index (χ1n) is 6.71. The van der Waals surface area contributed by atoms with Gasteiger partial charge in [0.25, 0.3) is 0 Å². The third kappa shape index (κ3) is 2.55. The normalized spacial score (nSPS) is 11.3. The Hall–Kier alpha value is -2.21. The summed E-state index contributed by atoms with van der Waals surface area (Å²) in [5, 5.41) is 0. The van der Waals surface area contributed by atoms with Crippen LogP contribution in [-0.2, 0) is 12.0 Å². The smallest absolute Gasteiger partial charge is 0.132 e. The van der Waals surface area contributed by atoms with E-state index < -0.39 is 0 Å². The van der Waals surface area contributed by atoms with Crippen LogP contribution in [0, 0.1) is 19.3 Å². The lowest BCUT2D eigenvalue weighted by Crippen LogP contribution is -2.10. The van der Waals surface area contributed by atoms with Crippen molar-refractivity contribution in [2.75, 3.05) is 5.73 Å². The lowest BCUT2D eigenvalue weighted by molar-refractivity contribution is 0.590. The molecular formula is C17H21N3. The Kier molecular flexibility index (Phi) is 3.59. The number of aromatic nitrogens is 2. The second-order valence-corrected chi connectivity index (χ2v) is 6.01. The van der Waals surface area contributed by atoms with Gasteiger partial charge in [-0.25, -0.2) is 4.98 Å². The third-order valence-electron chi connectivity index (χ3n) is 3.47. The molecule has 1 heterocycles. The highest BCUT2D eigenvalue weighted by Crippen LogP contribution is 2.29. The summed E-state index contributed by atoms with van der Waals surface area (Å²) in [6.07, 6.45) is 5.36. The van der Waals surface area contributed by atoms with Gasteiger partial charge in [0.1, 0.15) is 17.3 Å². The number of aryl methyl sites for hydroxylation is 1. The van der Waals surface area contributed by atoms with Gasteiger partial charge < -0.3 is 10.3 Å². The average molecular weight is 267 g/mol. The summed E-state index contributed by atoms with van der Waals surface area (Å²) < 4.78 is 1.85. The molecule has 20 heavy (non-hydrogen) atoms. The zero-order valence-corrected chi connectivity index (χ0v) is 12.6. The molecule has 104 valence electrons. The summed E-state index contributed by atoms with van der Waals surface area (Å²) in [5.74, 6) is 4.07. The largest absolute Gasteiger partial charge is 0.383 e. The second kappa shape index (κ2) is 5.05. The maximum Gasteiger partial charge on any atom is 0.132 e. The fraction of sp³-hybridized carbons (Fsp3) is 0.353. The van der Waals surface area contributed by atoms with E-state index >= 15 is 0 Å². The van der Waals surface area contributed by atoms with E-state index in [-0.39, 0.29) is 5.41 Å². The van der Waals surface area contributed by atoms with E-state index in [1.54, 1.807) is 0 Å². The van der Waals surface area contributed by atoms with Gasteiger partial charge in [-0.05, 0) is 17.9 Å². The van der Waals surface area contributed by atoms with Gasteiger partial charge in [-0.2, -0.15) is 0 Å². The fourth-order valence-electron chi connectivity index (χ4n) is 2.21. The number of imidazole rings is 1. The van der Waals surface area contributed by atoms with E-state index in [0.29, 0.717) is 12.4 Å². The highest BCUT2D eigenvalue weighted by atomic mass is 15.1. The maximum absolute atomic E-state index is 6.15. The van der Waals surface area contributed by atoms with E-state index in [1.807, 2.05) is 11.5 Å². The molecule has 0 unspecified atom stereocenters. The molecule has 0 atom stereocenters. The van der Waals surface area contributed by atoms with Gasteiger partial charge >= 0.3 is 0 Å². The third-order valence-corrected chi connectivity index (χ3v) is 3.47.